The van der Waals surface area contributed by atoms with Gasteiger partial charge in [-0.3, -0.25) is 4.98 Å². The van der Waals surface area contributed by atoms with E-state index in [2.05, 4.69) is 0 Å². The van der Waals surface area contributed by atoms with Crippen LogP contribution >= 0.6 is 0 Å². The minimum Gasteiger partial charge on any atom is -0.388 e. The van der Waals surface area contributed by atoms with Gasteiger partial charge in [0.15, 0.2) is 0 Å². The molecule has 1 spiro atoms. The molecule has 1 saturated carbocycles. The fourth-order valence-electron chi connectivity index (χ4n) is 5.20. The molecule has 3 nitrogen and oxygen atoms in total. The molecule has 2 N–H and O–H groups in total. The summed E-state index contributed by atoms with van der Waals surface area (Å²) in [5, 5.41) is 22.1. The van der Waals surface area contributed by atoms with Gasteiger partial charge in [-0.1, -0.05) is 32.4 Å². The zero-order valence-corrected chi connectivity index (χ0v) is 17.6. The minimum atomic E-state index is -4.42. The van der Waals surface area contributed by atoms with Crippen LogP contribution in [0.1, 0.15) is 96.9 Å². The summed E-state index contributed by atoms with van der Waals surface area (Å²) in [7, 11) is 0. The van der Waals surface area contributed by atoms with Gasteiger partial charge in [-0.25, -0.2) is 0 Å². The molecule has 0 bridgehead atoms. The van der Waals surface area contributed by atoms with Gasteiger partial charge in [-0.15, -0.1) is 0 Å². The number of rotatable bonds is 3. The van der Waals surface area contributed by atoms with Crippen LogP contribution in [-0.4, -0.2) is 15.2 Å². The topological polar surface area (TPSA) is 53.4 Å². The molecule has 2 atom stereocenters. The Morgan fingerprint density at radius 3 is 2.27 bits per heavy atom. The fraction of sp³-hybridized carbons (Fsp3) is 0.542. The lowest BCUT2D eigenvalue weighted by Crippen LogP contribution is -2.38. The van der Waals surface area contributed by atoms with Crippen LogP contribution in [0.4, 0.5) is 13.2 Å². The molecule has 1 fully saturated rings. The molecule has 0 aliphatic heterocycles. The lowest BCUT2D eigenvalue weighted by molar-refractivity contribution is -0.137. The summed E-state index contributed by atoms with van der Waals surface area (Å²) in [6.07, 6.45) is -1.19. The van der Waals surface area contributed by atoms with Crippen molar-refractivity contribution in [3.63, 3.8) is 0 Å². The van der Waals surface area contributed by atoms with Crippen LogP contribution in [-0.2, 0) is 12.6 Å². The monoisotopic (exact) mass is 419 g/mol. The van der Waals surface area contributed by atoms with E-state index in [4.69, 9.17) is 4.98 Å². The second-order valence-corrected chi connectivity index (χ2v) is 9.32. The third-order valence-corrected chi connectivity index (χ3v) is 6.94. The maximum absolute atomic E-state index is 12.9. The van der Waals surface area contributed by atoms with E-state index in [0.29, 0.717) is 17.5 Å². The van der Waals surface area contributed by atoms with E-state index < -0.39 is 23.9 Å². The van der Waals surface area contributed by atoms with E-state index in [-0.39, 0.29) is 11.3 Å². The van der Waals surface area contributed by atoms with Crippen LogP contribution < -0.4 is 0 Å². The average molecular weight is 419 g/mol. The van der Waals surface area contributed by atoms with Crippen molar-refractivity contribution in [2.75, 3.05) is 0 Å². The number of nitrogens with zero attached hydrogens (tertiary/aromatic N) is 1. The number of fused-ring (bicyclic) bond motifs is 1. The third kappa shape index (κ3) is 3.54. The van der Waals surface area contributed by atoms with Crippen LogP contribution in [0.5, 0.6) is 0 Å². The molecule has 0 radical (unpaired) electrons. The van der Waals surface area contributed by atoms with Crippen LogP contribution in [0.3, 0.4) is 0 Å². The van der Waals surface area contributed by atoms with Crippen molar-refractivity contribution in [3.8, 4) is 0 Å². The van der Waals surface area contributed by atoms with Crippen LogP contribution in [0.2, 0.25) is 0 Å². The molecule has 2 aromatic rings. The van der Waals surface area contributed by atoms with Gasteiger partial charge in [0.05, 0.1) is 11.7 Å². The Labute approximate surface area is 175 Å². The molecular weight excluding hydrogens is 391 g/mol. The van der Waals surface area contributed by atoms with Gasteiger partial charge in [0.25, 0.3) is 0 Å². The lowest BCUT2D eigenvalue weighted by Gasteiger charge is -2.47. The zero-order chi connectivity index (χ0) is 21.8. The van der Waals surface area contributed by atoms with E-state index in [1.54, 1.807) is 0 Å². The van der Waals surface area contributed by atoms with E-state index in [0.717, 1.165) is 53.9 Å². The SMILES string of the molecule is Cc1c2c(nc(C(C)C)c1[C@@H](O)c1ccc(C(F)(F)F)cc1)CC1(CCC1)CC2O. The van der Waals surface area contributed by atoms with E-state index in [1.165, 1.54) is 18.6 Å². The first-order valence-corrected chi connectivity index (χ1v) is 10.6. The summed E-state index contributed by atoms with van der Waals surface area (Å²) in [4.78, 5) is 4.90. The summed E-state index contributed by atoms with van der Waals surface area (Å²) < 4.78 is 38.7. The normalized spacial score (nSPS) is 21.4. The van der Waals surface area contributed by atoms with Crippen molar-refractivity contribution in [1.82, 2.24) is 4.98 Å². The molecule has 1 aromatic carbocycles. The van der Waals surface area contributed by atoms with Gasteiger partial charge in [0, 0.05) is 22.5 Å². The molecular formula is C24H28F3NO2. The molecule has 30 heavy (non-hydrogen) atoms. The van der Waals surface area contributed by atoms with Gasteiger partial charge in [0.2, 0.25) is 0 Å². The molecule has 1 heterocycles. The summed E-state index contributed by atoms with van der Waals surface area (Å²) in [5.74, 6) is 0.0320. The maximum Gasteiger partial charge on any atom is 0.416 e. The molecule has 4 rings (SSSR count). The quantitative estimate of drug-likeness (QED) is 0.665. The number of alkyl halides is 3. The number of halogens is 3. The highest BCUT2D eigenvalue weighted by Crippen LogP contribution is 2.54. The minimum absolute atomic E-state index is 0.0320. The Hall–Kier alpha value is -1.92. The van der Waals surface area contributed by atoms with Crippen molar-refractivity contribution >= 4 is 0 Å². The lowest BCUT2D eigenvalue weighted by atomic mass is 9.59. The van der Waals surface area contributed by atoms with Gasteiger partial charge in [-0.05, 0) is 67.2 Å². The second-order valence-electron chi connectivity index (χ2n) is 9.32. The molecule has 0 amide bonds. The summed E-state index contributed by atoms with van der Waals surface area (Å²) in [6.45, 7) is 5.88. The molecule has 1 aromatic heterocycles. The predicted octanol–water partition coefficient (Wildman–Crippen LogP) is 5.76. The van der Waals surface area contributed by atoms with E-state index in [1.807, 2.05) is 20.8 Å². The first-order chi connectivity index (χ1) is 14.0. The van der Waals surface area contributed by atoms with E-state index in [9.17, 15) is 23.4 Å². The van der Waals surface area contributed by atoms with Crippen molar-refractivity contribution in [1.29, 1.82) is 0 Å². The number of hydrogen-bond donors (Lipinski definition) is 2. The summed E-state index contributed by atoms with van der Waals surface area (Å²) in [5.41, 5.74) is 3.65. The van der Waals surface area contributed by atoms with Gasteiger partial charge in [0.1, 0.15) is 6.10 Å². The molecule has 162 valence electrons. The highest BCUT2D eigenvalue weighted by Gasteiger charge is 2.45. The Bertz CT molecular complexity index is 946. The Morgan fingerprint density at radius 2 is 1.77 bits per heavy atom. The van der Waals surface area contributed by atoms with Crippen molar-refractivity contribution in [2.45, 2.75) is 77.2 Å². The first kappa shape index (κ1) is 21.3. The number of benzene rings is 1. The molecule has 2 aliphatic carbocycles. The van der Waals surface area contributed by atoms with E-state index >= 15 is 0 Å². The average Bonchev–Trinajstić information content (AvgIpc) is 2.64. The Kier molecular flexibility index (Phi) is 5.22. The Morgan fingerprint density at radius 1 is 1.13 bits per heavy atom. The van der Waals surface area contributed by atoms with Gasteiger partial charge in [-0.2, -0.15) is 13.2 Å². The zero-order valence-electron chi connectivity index (χ0n) is 17.6. The van der Waals surface area contributed by atoms with Crippen molar-refractivity contribution < 1.29 is 23.4 Å². The second kappa shape index (κ2) is 7.34. The summed E-state index contributed by atoms with van der Waals surface area (Å²) >= 11 is 0. The molecule has 2 aliphatic rings. The highest BCUT2D eigenvalue weighted by atomic mass is 19.4. The van der Waals surface area contributed by atoms with Crippen LogP contribution in [0.25, 0.3) is 0 Å². The number of hydrogen-bond acceptors (Lipinski definition) is 3. The third-order valence-electron chi connectivity index (χ3n) is 6.94. The number of aliphatic hydroxyl groups is 2. The molecule has 1 unspecified atom stereocenters. The van der Waals surface area contributed by atoms with Crippen LogP contribution in [0, 0.1) is 12.3 Å². The fourth-order valence-corrected chi connectivity index (χ4v) is 5.20. The van der Waals surface area contributed by atoms with Crippen LogP contribution in [0.15, 0.2) is 24.3 Å². The predicted molar refractivity (Wildman–Crippen MR) is 108 cm³/mol. The molecule has 0 saturated heterocycles. The number of aliphatic hydroxyl groups excluding tert-OH is 2. The van der Waals surface area contributed by atoms with Crippen molar-refractivity contribution in [3.05, 3.63) is 63.5 Å². The highest BCUT2D eigenvalue weighted by molar-refractivity contribution is 5.48. The van der Waals surface area contributed by atoms with Gasteiger partial charge >= 0.3 is 6.18 Å². The first-order valence-electron chi connectivity index (χ1n) is 10.6. The van der Waals surface area contributed by atoms with Gasteiger partial charge < -0.3 is 10.2 Å². The largest absolute Gasteiger partial charge is 0.416 e. The number of aromatic nitrogens is 1. The number of pyridine rings is 1. The van der Waals surface area contributed by atoms with Crippen molar-refractivity contribution in [2.24, 2.45) is 5.41 Å². The summed E-state index contributed by atoms with van der Waals surface area (Å²) in [6, 6.07) is 4.61. The molecule has 6 heteroatoms. The standard InChI is InChI=1S/C24H28F3NO2/c1-13(2)21-20(22(30)15-5-7-16(8-6-15)24(25,26)27)14(3)19-17(28-21)11-23(9-4-10-23)12-18(19)29/h5-8,13,18,22,29-30H,4,9-12H2,1-3H3/t18?,22-/m0/s1. The maximum atomic E-state index is 12.9. The Balaban J connectivity index is 1.78. The smallest absolute Gasteiger partial charge is 0.388 e.